The first-order valence-electron chi connectivity index (χ1n) is 5.80. The highest BCUT2D eigenvalue weighted by Gasteiger charge is 2.09. The maximum absolute atomic E-state index is 9.05. The molecule has 1 aromatic carbocycles. The molecule has 2 aromatic rings. The Morgan fingerprint density at radius 2 is 2.28 bits per heavy atom. The third-order valence-electron chi connectivity index (χ3n) is 2.83. The molecule has 18 heavy (non-hydrogen) atoms. The Hall–Kier alpha value is -2.34. The normalized spacial score (nSPS) is 10.1. The summed E-state index contributed by atoms with van der Waals surface area (Å²) >= 11 is 0. The van der Waals surface area contributed by atoms with E-state index < -0.39 is 0 Å². The number of hydrogen-bond acceptors (Lipinski definition) is 3. The third kappa shape index (κ3) is 1.93. The molecule has 90 valence electrons. The predicted molar refractivity (Wildman–Crippen MR) is 72.5 cm³/mol. The quantitative estimate of drug-likeness (QED) is 0.822. The Bertz CT molecular complexity index is 654. The van der Waals surface area contributed by atoms with Crippen LogP contribution in [0.4, 0.5) is 0 Å². The number of aromatic nitrogens is 1. The summed E-state index contributed by atoms with van der Waals surface area (Å²) in [5, 5.41) is 9.99. The van der Waals surface area contributed by atoms with Gasteiger partial charge in [0.25, 0.3) is 0 Å². The van der Waals surface area contributed by atoms with Crippen molar-refractivity contribution in [3.63, 3.8) is 0 Å². The second kappa shape index (κ2) is 4.89. The molecule has 2 rings (SSSR count). The highest BCUT2D eigenvalue weighted by Crippen LogP contribution is 2.28. The fourth-order valence-corrected chi connectivity index (χ4v) is 1.97. The Labute approximate surface area is 106 Å². The number of fused-ring (bicyclic) bond motifs is 1. The van der Waals surface area contributed by atoms with Crippen molar-refractivity contribution < 1.29 is 4.74 Å². The Morgan fingerprint density at radius 1 is 1.50 bits per heavy atom. The highest BCUT2D eigenvalue weighted by atomic mass is 16.5. The molecule has 3 heteroatoms. The minimum atomic E-state index is 0.543. The molecule has 0 aliphatic rings. The predicted octanol–water partition coefficient (Wildman–Crippen LogP) is 3.46. The van der Waals surface area contributed by atoms with E-state index in [0.717, 1.165) is 27.8 Å². The van der Waals surface area contributed by atoms with Gasteiger partial charge in [0, 0.05) is 23.2 Å². The second-order valence-corrected chi connectivity index (χ2v) is 3.97. The summed E-state index contributed by atoms with van der Waals surface area (Å²) in [7, 11) is 0. The van der Waals surface area contributed by atoms with E-state index >= 15 is 0 Å². The zero-order valence-corrected chi connectivity index (χ0v) is 10.5. The van der Waals surface area contributed by atoms with Crippen LogP contribution < -0.4 is 4.74 Å². The fourth-order valence-electron chi connectivity index (χ4n) is 1.97. The minimum absolute atomic E-state index is 0.543. The van der Waals surface area contributed by atoms with Crippen LogP contribution in [0.25, 0.3) is 17.0 Å². The van der Waals surface area contributed by atoms with Gasteiger partial charge in [-0.05, 0) is 25.5 Å². The number of aryl methyl sites for hydroxylation is 1. The first-order valence-corrected chi connectivity index (χ1v) is 5.80. The van der Waals surface area contributed by atoms with Gasteiger partial charge in [0.1, 0.15) is 11.8 Å². The van der Waals surface area contributed by atoms with Crippen molar-refractivity contribution in [2.45, 2.75) is 13.8 Å². The number of ether oxygens (including phenoxy) is 1. The summed E-state index contributed by atoms with van der Waals surface area (Å²) in [6.45, 7) is 8.32. The number of nitrogens with zero attached hydrogens (tertiary/aromatic N) is 2. The fraction of sp³-hybridized carbons (Fsp3) is 0.200. The second-order valence-electron chi connectivity index (χ2n) is 3.97. The number of nitriles is 1. The number of rotatable bonds is 3. The van der Waals surface area contributed by atoms with E-state index in [2.05, 4.69) is 17.6 Å². The molecule has 0 spiro atoms. The lowest BCUT2D eigenvalue weighted by molar-refractivity contribution is 0.338. The van der Waals surface area contributed by atoms with Gasteiger partial charge in [-0.15, -0.1) is 0 Å². The molecule has 0 amide bonds. The van der Waals surface area contributed by atoms with Gasteiger partial charge in [0.15, 0.2) is 0 Å². The Kier molecular flexibility index (Phi) is 3.29. The Morgan fingerprint density at radius 3 is 2.89 bits per heavy atom. The van der Waals surface area contributed by atoms with Gasteiger partial charge in [-0.25, -0.2) is 0 Å². The summed E-state index contributed by atoms with van der Waals surface area (Å²) in [4.78, 5) is 4.29. The number of hydrogen-bond donors (Lipinski definition) is 0. The maximum atomic E-state index is 9.05. The monoisotopic (exact) mass is 238 g/mol. The molecule has 1 aromatic heterocycles. The largest absolute Gasteiger partial charge is 0.494 e. The third-order valence-corrected chi connectivity index (χ3v) is 2.83. The molecule has 0 aliphatic heterocycles. The van der Waals surface area contributed by atoms with Crippen LogP contribution in [0.1, 0.15) is 23.6 Å². The molecule has 0 aliphatic carbocycles. The molecule has 3 nitrogen and oxygen atoms in total. The molecular weight excluding hydrogens is 224 g/mol. The van der Waals surface area contributed by atoms with Gasteiger partial charge < -0.3 is 4.74 Å². The van der Waals surface area contributed by atoms with Crippen LogP contribution in [-0.2, 0) is 0 Å². The van der Waals surface area contributed by atoms with E-state index in [9.17, 15) is 0 Å². The number of pyridine rings is 1. The average Bonchev–Trinajstić information content (AvgIpc) is 2.38. The van der Waals surface area contributed by atoms with Crippen LogP contribution in [0.15, 0.2) is 24.9 Å². The molecule has 0 atom stereocenters. The molecule has 0 radical (unpaired) electrons. The lowest BCUT2D eigenvalue weighted by Crippen LogP contribution is -1.96. The molecule has 0 bridgehead atoms. The first-order chi connectivity index (χ1) is 8.71. The summed E-state index contributed by atoms with van der Waals surface area (Å²) in [6.07, 6.45) is 3.27. The van der Waals surface area contributed by atoms with Crippen LogP contribution >= 0.6 is 0 Å². The molecule has 0 fully saturated rings. The van der Waals surface area contributed by atoms with E-state index in [-0.39, 0.29) is 0 Å². The standard InChI is InChI=1S/C15H14N2O/c1-4-12-11(8-16)9-17-14-7-15(18-5-2)10(3)6-13(12)14/h4,6-7,9H,1,5H2,2-3H3. The minimum Gasteiger partial charge on any atom is -0.494 e. The van der Waals surface area contributed by atoms with E-state index in [4.69, 9.17) is 10.00 Å². The van der Waals surface area contributed by atoms with E-state index in [0.29, 0.717) is 12.2 Å². The van der Waals surface area contributed by atoms with Gasteiger partial charge >= 0.3 is 0 Å². The van der Waals surface area contributed by atoms with Gasteiger partial charge in [-0.3, -0.25) is 4.98 Å². The lowest BCUT2D eigenvalue weighted by atomic mass is 10.0. The van der Waals surface area contributed by atoms with Crippen LogP contribution in [-0.4, -0.2) is 11.6 Å². The highest BCUT2D eigenvalue weighted by molar-refractivity contribution is 5.91. The van der Waals surface area contributed by atoms with Gasteiger partial charge in [0.05, 0.1) is 17.7 Å². The van der Waals surface area contributed by atoms with Gasteiger partial charge in [-0.2, -0.15) is 5.26 Å². The van der Waals surface area contributed by atoms with Crippen LogP contribution in [0.3, 0.4) is 0 Å². The van der Waals surface area contributed by atoms with Crippen molar-refractivity contribution in [1.82, 2.24) is 4.98 Å². The van der Waals surface area contributed by atoms with Gasteiger partial charge in [-0.1, -0.05) is 12.7 Å². The molecule has 0 unspecified atom stereocenters. The van der Waals surface area contributed by atoms with Crippen molar-refractivity contribution in [3.05, 3.63) is 41.6 Å². The zero-order chi connectivity index (χ0) is 13.1. The SMILES string of the molecule is C=Cc1c(C#N)cnc2cc(OCC)c(C)cc12. The van der Waals surface area contributed by atoms with Crippen molar-refractivity contribution >= 4 is 17.0 Å². The lowest BCUT2D eigenvalue weighted by Gasteiger charge is -2.10. The number of benzene rings is 1. The van der Waals surface area contributed by atoms with Crippen molar-refractivity contribution in [3.8, 4) is 11.8 Å². The molecular formula is C15H14N2O. The first kappa shape index (κ1) is 12.1. The Balaban J connectivity index is 2.76. The average molecular weight is 238 g/mol. The van der Waals surface area contributed by atoms with E-state index in [1.165, 1.54) is 0 Å². The van der Waals surface area contributed by atoms with E-state index in [1.807, 2.05) is 26.0 Å². The summed E-state index contributed by atoms with van der Waals surface area (Å²) < 4.78 is 5.54. The van der Waals surface area contributed by atoms with Crippen LogP contribution in [0, 0.1) is 18.3 Å². The van der Waals surface area contributed by atoms with Crippen LogP contribution in [0.2, 0.25) is 0 Å². The smallest absolute Gasteiger partial charge is 0.124 e. The topological polar surface area (TPSA) is 45.9 Å². The summed E-state index contributed by atoms with van der Waals surface area (Å²) in [5.74, 6) is 0.831. The molecule has 0 saturated carbocycles. The van der Waals surface area contributed by atoms with Crippen molar-refractivity contribution in [1.29, 1.82) is 5.26 Å². The zero-order valence-electron chi connectivity index (χ0n) is 10.5. The summed E-state index contributed by atoms with van der Waals surface area (Å²) in [6, 6.07) is 6.03. The maximum Gasteiger partial charge on any atom is 0.124 e. The van der Waals surface area contributed by atoms with E-state index in [1.54, 1.807) is 12.3 Å². The molecule has 0 N–H and O–H groups in total. The van der Waals surface area contributed by atoms with Crippen LogP contribution in [0.5, 0.6) is 5.75 Å². The van der Waals surface area contributed by atoms with Gasteiger partial charge in [0.2, 0.25) is 0 Å². The van der Waals surface area contributed by atoms with Crippen molar-refractivity contribution in [2.75, 3.05) is 6.61 Å². The molecule has 1 heterocycles. The molecule has 0 saturated heterocycles. The summed E-state index contributed by atoms with van der Waals surface area (Å²) in [5.41, 5.74) is 3.22. The van der Waals surface area contributed by atoms with Crippen molar-refractivity contribution in [2.24, 2.45) is 0 Å².